The fraction of sp³-hybridized carbons (Fsp3) is 0.625. The second-order valence-corrected chi connectivity index (χ2v) is 8.40. The standard InChI is InChI=1S/C16H15F7O7S2/c1-13(14(17,18)15(19,20)16(21,22)23)28-11(24)10(12(25)29-13)30-32(26)7-5-27-4-2-9-3-6-31-8-9/h3,6,8,10H,2,4-5,7H2,1H3. The van der Waals surface area contributed by atoms with Gasteiger partial charge in [0.05, 0.1) is 19.0 Å². The molecule has 2 rings (SSSR count). The van der Waals surface area contributed by atoms with Gasteiger partial charge < -0.3 is 14.2 Å². The van der Waals surface area contributed by atoms with Crippen molar-refractivity contribution in [3.05, 3.63) is 22.4 Å². The molecule has 0 spiro atoms. The van der Waals surface area contributed by atoms with Gasteiger partial charge in [-0.05, 0) is 28.8 Å². The monoisotopic (exact) mass is 516 g/mol. The zero-order valence-corrected chi connectivity index (χ0v) is 17.6. The average Bonchev–Trinajstić information content (AvgIpc) is 3.16. The maximum atomic E-state index is 13.9. The molecule has 1 saturated heterocycles. The molecule has 0 N–H and O–H groups in total. The van der Waals surface area contributed by atoms with E-state index in [1.807, 2.05) is 16.8 Å². The summed E-state index contributed by atoms with van der Waals surface area (Å²) in [6.45, 7) is -0.0690. The fourth-order valence-electron chi connectivity index (χ4n) is 2.29. The summed E-state index contributed by atoms with van der Waals surface area (Å²) in [5.41, 5.74) is 0.996. The van der Waals surface area contributed by atoms with E-state index in [9.17, 15) is 44.5 Å². The van der Waals surface area contributed by atoms with Gasteiger partial charge in [-0.25, -0.2) is 13.8 Å². The van der Waals surface area contributed by atoms with E-state index in [1.165, 1.54) is 11.3 Å². The van der Waals surface area contributed by atoms with Crippen LogP contribution < -0.4 is 0 Å². The van der Waals surface area contributed by atoms with Gasteiger partial charge in [0, 0.05) is 6.92 Å². The molecular weight excluding hydrogens is 501 g/mol. The van der Waals surface area contributed by atoms with E-state index in [0.717, 1.165) is 5.56 Å². The topological polar surface area (TPSA) is 88.1 Å². The normalized spacial score (nSPS) is 23.6. The van der Waals surface area contributed by atoms with Crippen LogP contribution in [0.1, 0.15) is 12.5 Å². The highest BCUT2D eigenvalue weighted by atomic mass is 32.2. The van der Waals surface area contributed by atoms with Gasteiger partial charge in [-0.3, -0.25) is 4.18 Å². The van der Waals surface area contributed by atoms with Gasteiger partial charge in [0.1, 0.15) is 0 Å². The van der Waals surface area contributed by atoms with Crippen LogP contribution in [0.25, 0.3) is 0 Å². The molecule has 1 aromatic heterocycles. The summed E-state index contributed by atoms with van der Waals surface area (Å²) in [6, 6.07) is 1.86. The number of hydrogen-bond acceptors (Lipinski definition) is 8. The molecule has 0 saturated carbocycles. The quantitative estimate of drug-likeness (QED) is 0.205. The number of alkyl halides is 7. The molecule has 1 aliphatic rings. The number of carbonyl (C=O) groups is 2. The third kappa shape index (κ3) is 5.40. The van der Waals surface area contributed by atoms with E-state index in [2.05, 4.69) is 13.7 Å². The minimum Gasteiger partial charge on any atom is -0.414 e. The van der Waals surface area contributed by atoms with E-state index < -0.39 is 52.9 Å². The van der Waals surface area contributed by atoms with Crippen LogP contribution in [0.3, 0.4) is 0 Å². The molecule has 1 unspecified atom stereocenters. The van der Waals surface area contributed by atoms with Gasteiger partial charge in [0.2, 0.25) is 0 Å². The lowest BCUT2D eigenvalue weighted by atomic mass is 10.0. The first-order chi connectivity index (χ1) is 14.6. The Labute approximate surface area is 182 Å². The van der Waals surface area contributed by atoms with Crippen molar-refractivity contribution in [2.75, 3.05) is 19.0 Å². The first kappa shape index (κ1) is 26.5. The second kappa shape index (κ2) is 9.61. The highest BCUT2D eigenvalue weighted by molar-refractivity contribution is 7.80. The average molecular weight is 516 g/mol. The zero-order chi connectivity index (χ0) is 24.4. The highest BCUT2D eigenvalue weighted by Gasteiger charge is 2.82. The van der Waals surface area contributed by atoms with Crippen molar-refractivity contribution >= 4 is 34.4 Å². The Morgan fingerprint density at radius 1 is 1.09 bits per heavy atom. The summed E-state index contributed by atoms with van der Waals surface area (Å²) in [6.07, 6.45) is -8.74. The van der Waals surface area contributed by atoms with Crippen molar-refractivity contribution in [2.45, 2.75) is 43.3 Å². The number of ether oxygens (including phenoxy) is 3. The maximum absolute atomic E-state index is 13.9. The molecule has 7 nitrogen and oxygen atoms in total. The van der Waals surface area contributed by atoms with Crippen LogP contribution in [-0.2, 0) is 45.5 Å². The van der Waals surface area contributed by atoms with Gasteiger partial charge in [0.25, 0.3) is 6.10 Å². The third-order valence-corrected chi connectivity index (χ3v) is 5.69. The zero-order valence-electron chi connectivity index (χ0n) is 16.0. The molecule has 32 heavy (non-hydrogen) atoms. The van der Waals surface area contributed by atoms with Crippen LogP contribution in [0, 0.1) is 0 Å². The summed E-state index contributed by atoms with van der Waals surface area (Å²) in [5.74, 6) is -21.7. The maximum Gasteiger partial charge on any atom is 0.460 e. The molecule has 2 heterocycles. The number of esters is 2. The van der Waals surface area contributed by atoms with Crippen LogP contribution in [0.15, 0.2) is 16.8 Å². The summed E-state index contributed by atoms with van der Waals surface area (Å²) < 4.78 is 121. The molecule has 1 atom stereocenters. The first-order valence-electron chi connectivity index (χ1n) is 8.55. The summed E-state index contributed by atoms with van der Waals surface area (Å²) in [7, 11) is 0. The first-order valence-corrected chi connectivity index (χ1v) is 10.7. The number of carbonyl (C=O) groups excluding carboxylic acids is 2. The smallest absolute Gasteiger partial charge is 0.414 e. The van der Waals surface area contributed by atoms with E-state index in [1.54, 1.807) is 0 Å². The predicted octanol–water partition coefficient (Wildman–Crippen LogP) is 3.01. The van der Waals surface area contributed by atoms with Crippen molar-refractivity contribution in [1.82, 2.24) is 0 Å². The molecule has 1 aliphatic heterocycles. The molecule has 1 aromatic rings. The SMILES string of the molecule is CC1(C(F)(F)C(F)(F)C(F)(F)F)OC(=O)C(OS(=O)CCOCCc2ccsc2)C(=O)O1. The molecule has 1 fully saturated rings. The highest BCUT2D eigenvalue weighted by Crippen LogP contribution is 2.53. The Balaban J connectivity index is 1.92. The van der Waals surface area contributed by atoms with Crippen molar-refractivity contribution in [1.29, 1.82) is 0 Å². The Morgan fingerprint density at radius 2 is 1.69 bits per heavy atom. The van der Waals surface area contributed by atoms with Crippen LogP contribution in [0.2, 0.25) is 0 Å². The van der Waals surface area contributed by atoms with Crippen molar-refractivity contribution in [3.8, 4) is 0 Å². The van der Waals surface area contributed by atoms with Gasteiger partial charge in [-0.1, -0.05) is 0 Å². The number of cyclic esters (lactones) is 2. The molecular formula is C16H15F7O7S2. The van der Waals surface area contributed by atoms with Gasteiger partial charge >= 0.3 is 35.7 Å². The largest absolute Gasteiger partial charge is 0.460 e. The Kier molecular flexibility index (Phi) is 7.95. The predicted molar refractivity (Wildman–Crippen MR) is 93.3 cm³/mol. The molecule has 182 valence electrons. The summed E-state index contributed by atoms with van der Waals surface area (Å²) >= 11 is -0.941. The van der Waals surface area contributed by atoms with Crippen LogP contribution >= 0.6 is 11.3 Å². The minimum absolute atomic E-state index is 0.142. The number of hydrogen-bond donors (Lipinski definition) is 0. The molecule has 0 amide bonds. The lowest BCUT2D eigenvalue weighted by Crippen LogP contribution is -2.68. The van der Waals surface area contributed by atoms with Gasteiger partial charge in [-0.2, -0.15) is 42.1 Å². The fourth-order valence-corrected chi connectivity index (χ4v) is 3.71. The molecule has 0 aliphatic carbocycles. The van der Waals surface area contributed by atoms with E-state index in [-0.39, 0.29) is 25.9 Å². The Hall–Kier alpha value is -1.78. The lowest BCUT2D eigenvalue weighted by Gasteiger charge is -2.42. The molecule has 0 bridgehead atoms. The van der Waals surface area contributed by atoms with Crippen molar-refractivity contribution < 1.29 is 62.9 Å². The summed E-state index contributed by atoms with van der Waals surface area (Å²) in [5, 5.41) is 3.73. The number of rotatable bonds is 10. The van der Waals surface area contributed by atoms with Gasteiger partial charge in [0.15, 0.2) is 11.1 Å². The third-order valence-electron chi connectivity index (χ3n) is 4.05. The summed E-state index contributed by atoms with van der Waals surface area (Å²) in [4.78, 5) is 23.6. The van der Waals surface area contributed by atoms with Gasteiger partial charge in [-0.15, -0.1) is 0 Å². The van der Waals surface area contributed by atoms with E-state index >= 15 is 0 Å². The van der Waals surface area contributed by atoms with E-state index in [4.69, 9.17) is 4.74 Å². The van der Waals surface area contributed by atoms with Crippen LogP contribution in [0.5, 0.6) is 0 Å². The Morgan fingerprint density at radius 3 is 2.19 bits per heavy atom. The number of halogens is 7. The minimum atomic E-state index is -6.75. The van der Waals surface area contributed by atoms with Crippen molar-refractivity contribution in [2.24, 2.45) is 0 Å². The van der Waals surface area contributed by atoms with Crippen molar-refractivity contribution in [3.63, 3.8) is 0 Å². The Bertz CT molecular complexity index is 824. The molecule has 0 radical (unpaired) electrons. The number of thiophene rings is 1. The lowest BCUT2D eigenvalue weighted by molar-refractivity contribution is -0.421. The van der Waals surface area contributed by atoms with Crippen LogP contribution in [-0.4, -0.2) is 65.0 Å². The van der Waals surface area contributed by atoms with E-state index in [0.29, 0.717) is 6.42 Å². The van der Waals surface area contributed by atoms with Crippen LogP contribution in [0.4, 0.5) is 30.7 Å². The second-order valence-electron chi connectivity index (χ2n) is 6.41. The molecule has 16 heteroatoms. The molecule has 0 aromatic carbocycles.